The van der Waals surface area contributed by atoms with Crippen molar-refractivity contribution in [1.82, 2.24) is 15.2 Å². The van der Waals surface area contributed by atoms with Crippen molar-refractivity contribution in [2.45, 2.75) is 18.9 Å². The number of hydrogen-bond acceptors (Lipinski definition) is 6. The molecule has 0 aliphatic carbocycles. The minimum atomic E-state index is -0.266. The molecule has 1 atom stereocenters. The average Bonchev–Trinajstić information content (AvgIpc) is 3.23. The highest BCUT2D eigenvalue weighted by Gasteiger charge is 2.27. The van der Waals surface area contributed by atoms with Crippen molar-refractivity contribution < 1.29 is 9.53 Å². The molecule has 2 aromatic rings. The van der Waals surface area contributed by atoms with E-state index in [0.717, 1.165) is 35.7 Å². The van der Waals surface area contributed by atoms with Gasteiger partial charge in [-0.25, -0.2) is 4.98 Å². The maximum absolute atomic E-state index is 12.2. The molecule has 1 fully saturated rings. The molecule has 146 valence electrons. The largest absolute Gasteiger partial charge is 0.497 e. The van der Waals surface area contributed by atoms with Crippen LogP contribution in [0.1, 0.15) is 12.8 Å². The summed E-state index contributed by atoms with van der Waals surface area (Å²) in [5.41, 5.74) is 1.90. The quantitative estimate of drug-likeness (QED) is 0.684. The molecule has 1 aromatic carbocycles. The lowest BCUT2D eigenvalue weighted by atomic mass is 10.1. The van der Waals surface area contributed by atoms with Crippen molar-refractivity contribution in [3.8, 4) is 23.1 Å². The lowest BCUT2D eigenvalue weighted by molar-refractivity contribution is -0.130. The van der Waals surface area contributed by atoms with E-state index in [-0.39, 0.29) is 18.5 Å². The molecule has 2 heterocycles. The number of amides is 1. The zero-order valence-electron chi connectivity index (χ0n) is 16.0. The number of hydrogen-bond donors (Lipinski definition) is 2. The number of aromatic nitrogens is 1. The van der Waals surface area contributed by atoms with E-state index in [2.05, 4.69) is 21.7 Å². The topological polar surface area (TPSA) is 90.3 Å². The first-order valence-electron chi connectivity index (χ1n) is 9.46. The molecule has 1 aliphatic heterocycles. The van der Waals surface area contributed by atoms with Crippen LogP contribution in [0.3, 0.4) is 0 Å². The van der Waals surface area contributed by atoms with E-state index in [4.69, 9.17) is 10.00 Å². The monoisotopic (exact) mass is 379 g/mol. The van der Waals surface area contributed by atoms with Gasteiger partial charge in [-0.1, -0.05) is 6.07 Å². The van der Waals surface area contributed by atoms with Crippen molar-refractivity contribution in [3.63, 3.8) is 0 Å². The van der Waals surface area contributed by atoms with E-state index in [9.17, 15) is 4.79 Å². The fourth-order valence-electron chi connectivity index (χ4n) is 3.23. The maximum atomic E-state index is 12.2. The third kappa shape index (κ3) is 4.99. The highest BCUT2D eigenvalue weighted by atomic mass is 16.5. The van der Waals surface area contributed by atoms with Crippen LogP contribution in [-0.4, -0.2) is 55.1 Å². The van der Waals surface area contributed by atoms with Crippen LogP contribution in [0.25, 0.3) is 11.3 Å². The molecule has 1 aliphatic rings. The Morgan fingerprint density at radius 2 is 2.11 bits per heavy atom. The van der Waals surface area contributed by atoms with Crippen LogP contribution in [-0.2, 0) is 4.79 Å². The predicted octanol–water partition coefficient (Wildman–Crippen LogP) is 2.27. The number of nitriles is 1. The van der Waals surface area contributed by atoms with Crippen LogP contribution in [0.15, 0.2) is 42.5 Å². The minimum Gasteiger partial charge on any atom is -0.497 e. The Hall–Kier alpha value is -3.11. The molecular formula is C21H25N5O2. The van der Waals surface area contributed by atoms with Crippen molar-refractivity contribution in [3.05, 3.63) is 42.5 Å². The van der Waals surface area contributed by atoms with Gasteiger partial charge in [0.25, 0.3) is 0 Å². The van der Waals surface area contributed by atoms with Gasteiger partial charge in [0, 0.05) is 25.2 Å². The lowest BCUT2D eigenvalue weighted by Crippen LogP contribution is -2.41. The summed E-state index contributed by atoms with van der Waals surface area (Å²) in [5.74, 6) is 1.59. The Labute approximate surface area is 165 Å². The summed E-state index contributed by atoms with van der Waals surface area (Å²) in [5, 5.41) is 15.5. The molecule has 2 N–H and O–H groups in total. The second-order valence-corrected chi connectivity index (χ2v) is 6.61. The lowest BCUT2D eigenvalue weighted by Gasteiger charge is -2.19. The molecule has 0 spiro atoms. The number of carbonyl (C=O) groups is 1. The van der Waals surface area contributed by atoms with Gasteiger partial charge in [-0.05, 0) is 49.2 Å². The first kappa shape index (κ1) is 19.6. The molecule has 1 amide bonds. The van der Waals surface area contributed by atoms with Crippen molar-refractivity contribution in [2.24, 2.45) is 0 Å². The molecule has 3 rings (SSSR count). The highest BCUT2D eigenvalue weighted by Crippen LogP contribution is 2.21. The Morgan fingerprint density at radius 3 is 2.86 bits per heavy atom. The van der Waals surface area contributed by atoms with Crippen molar-refractivity contribution >= 4 is 11.7 Å². The number of rotatable bonds is 8. The number of methoxy groups -OCH3 is 1. The molecule has 1 saturated heterocycles. The van der Waals surface area contributed by atoms with E-state index in [1.807, 2.05) is 42.5 Å². The van der Waals surface area contributed by atoms with Crippen molar-refractivity contribution in [2.75, 3.05) is 38.6 Å². The van der Waals surface area contributed by atoms with E-state index in [1.165, 1.54) is 0 Å². The van der Waals surface area contributed by atoms with Crippen LogP contribution in [0.4, 0.5) is 5.82 Å². The molecule has 7 nitrogen and oxygen atoms in total. The highest BCUT2D eigenvalue weighted by molar-refractivity contribution is 5.79. The number of ether oxygens (including phenoxy) is 1. The molecule has 28 heavy (non-hydrogen) atoms. The fourth-order valence-corrected chi connectivity index (χ4v) is 3.23. The number of anilines is 1. The fraction of sp³-hybridized carbons (Fsp3) is 0.381. The van der Waals surface area contributed by atoms with Gasteiger partial charge in [-0.15, -0.1) is 0 Å². The second kappa shape index (κ2) is 9.72. The normalized spacial score (nSPS) is 15.9. The van der Waals surface area contributed by atoms with Crippen LogP contribution >= 0.6 is 0 Å². The summed E-state index contributed by atoms with van der Waals surface area (Å²) in [6.07, 6.45) is 1.68. The van der Waals surface area contributed by atoms with Crippen molar-refractivity contribution in [1.29, 1.82) is 5.26 Å². The van der Waals surface area contributed by atoms with Gasteiger partial charge in [0.2, 0.25) is 5.91 Å². The first-order valence-corrected chi connectivity index (χ1v) is 9.46. The first-order chi connectivity index (χ1) is 13.7. The number of benzene rings is 1. The van der Waals surface area contributed by atoms with Gasteiger partial charge < -0.3 is 20.3 Å². The Bertz CT molecular complexity index is 831. The van der Waals surface area contributed by atoms with Gasteiger partial charge in [0.1, 0.15) is 17.6 Å². The van der Waals surface area contributed by atoms with Gasteiger partial charge >= 0.3 is 0 Å². The van der Waals surface area contributed by atoms with E-state index >= 15 is 0 Å². The predicted molar refractivity (Wildman–Crippen MR) is 108 cm³/mol. The molecular weight excluding hydrogens is 354 g/mol. The molecule has 0 saturated carbocycles. The average molecular weight is 379 g/mol. The van der Waals surface area contributed by atoms with E-state index in [0.29, 0.717) is 19.6 Å². The third-order valence-electron chi connectivity index (χ3n) is 4.74. The summed E-state index contributed by atoms with van der Waals surface area (Å²) in [6, 6.07) is 15.5. The summed E-state index contributed by atoms with van der Waals surface area (Å²) < 4.78 is 5.18. The van der Waals surface area contributed by atoms with Gasteiger partial charge in [0.15, 0.2) is 0 Å². The van der Waals surface area contributed by atoms with Crippen LogP contribution in [0.2, 0.25) is 0 Å². The third-order valence-corrected chi connectivity index (χ3v) is 4.74. The number of nitrogens with one attached hydrogen (secondary N) is 2. The zero-order chi connectivity index (χ0) is 19.8. The standard InChI is InChI=1S/C21H25N5O2/c1-28-18-9-7-16(8-10-18)19-5-2-6-20(25-19)24-12-11-23-15-21(27)26-13-3-4-17(26)14-22/h2,5-10,17,23H,3-4,11-13,15H2,1H3,(H,24,25). The Kier molecular flexibility index (Phi) is 6.82. The van der Waals surface area contributed by atoms with E-state index in [1.54, 1.807) is 12.0 Å². The summed E-state index contributed by atoms with van der Waals surface area (Å²) >= 11 is 0. The number of carbonyl (C=O) groups excluding carboxylic acids is 1. The SMILES string of the molecule is COc1ccc(-c2cccc(NCCNCC(=O)N3CCCC3C#N)n2)cc1. The van der Waals surface area contributed by atoms with E-state index < -0.39 is 0 Å². The summed E-state index contributed by atoms with van der Waals surface area (Å²) in [7, 11) is 1.65. The van der Waals surface area contributed by atoms with Gasteiger partial charge in [0.05, 0.1) is 25.4 Å². The molecule has 0 bridgehead atoms. The molecule has 0 radical (unpaired) electrons. The second-order valence-electron chi connectivity index (χ2n) is 6.61. The smallest absolute Gasteiger partial charge is 0.237 e. The molecule has 1 aromatic heterocycles. The maximum Gasteiger partial charge on any atom is 0.237 e. The van der Waals surface area contributed by atoms with Crippen LogP contribution in [0, 0.1) is 11.3 Å². The van der Waals surface area contributed by atoms with Crippen LogP contribution in [0.5, 0.6) is 5.75 Å². The Morgan fingerprint density at radius 1 is 1.29 bits per heavy atom. The molecule has 7 heteroatoms. The zero-order valence-corrected chi connectivity index (χ0v) is 16.0. The number of pyridine rings is 1. The Balaban J connectivity index is 1.44. The number of likely N-dealkylation sites (tertiary alicyclic amines) is 1. The van der Waals surface area contributed by atoms with Gasteiger partial charge in [-0.2, -0.15) is 5.26 Å². The summed E-state index contributed by atoms with van der Waals surface area (Å²) in [4.78, 5) is 18.5. The van der Waals surface area contributed by atoms with Gasteiger partial charge in [-0.3, -0.25) is 4.79 Å². The number of nitrogens with zero attached hydrogens (tertiary/aromatic N) is 3. The minimum absolute atomic E-state index is 0.0105. The molecule has 1 unspecified atom stereocenters. The summed E-state index contributed by atoms with van der Waals surface area (Å²) in [6.45, 7) is 2.21. The van der Waals surface area contributed by atoms with Crippen LogP contribution < -0.4 is 15.4 Å².